The zero-order valence-electron chi connectivity index (χ0n) is 39.2. The molecule has 0 aliphatic carbocycles. The number of hydrogen-bond acceptors (Lipinski definition) is 2. The Labute approximate surface area is 428 Å². The molecule has 0 spiro atoms. The van der Waals surface area contributed by atoms with Crippen LogP contribution in [0.15, 0.2) is 246 Å². The van der Waals surface area contributed by atoms with Gasteiger partial charge >= 0.3 is 5.27 Å². The second kappa shape index (κ2) is 15.0. The van der Waals surface area contributed by atoms with Gasteiger partial charge in [0.05, 0.1) is 44.1 Å². The third-order valence-electron chi connectivity index (χ3n) is 15.8. The van der Waals surface area contributed by atoms with E-state index < -0.39 is 0 Å². The summed E-state index contributed by atoms with van der Waals surface area (Å²) in [4.78, 5) is 2.62. The number of hydrogen-bond donors (Lipinski definition) is 0. The number of nitrogens with zero attached hydrogens (tertiary/aromatic N) is 4. The van der Waals surface area contributed by atoms with Crippen molar-refractivity contribution in [2.75, 3.05) is 0 Å². The molecule has 0 amide bonds. The van der Waals surface area contributed by atoms with Gasteiger partial charge in [-0.15, -0.1) is 0 Å². The molecule has 4 aromatic heterocycles. The van der Waals surface area contributed by atoms with Crippen LogP contribution in [0, 0.1) is 0 Å². The Bertz CT molecular complexity index is 4560. The molecule has 0 atom stereocenters. The standard InChI is InChI=1S/C66H39BN4S2/c1-3-16-40(17-4-1)68-56-28-13-9-22-52(56)62-58(68)36-34-50-44-20-7-11-26-54(44)70(65(50)62)42-30-32-46-48-24-15-25-49-47-33-31-43(39-61(47)73-67(64(48)49)72-60(46)38-42)71-55-27-12-8-21-45(55)51-35-37-59-63(66(51)71)53-23-10-14-29-57(53)69(59)41-18-5-2-6-19-41/h1-39H. The van der Waals surface area contributed by atoms with Gasteiger partial charge in [-0.3, -0.25) is 0 Å². The molecule has 0 unspecified atom stereocenters. The first-order valence-electron chi connectivity index (χ1n) is 25.0. The Morgan fingerprint density at radius 1 is 0.260 bits per heavy atom. The molecule has 0 bridgehead atoms. The quantitative estimate of drug-likeness (QED) is 0.164. The van der Waals surface area contributed by atoms with Crippen molar-refractivity contribution in [2.45, 2.75) is 9.79 Å². The fraction of sp³-hybridized carbons (Fsp3) is 0. The highest BCUT2D eigenvalue weighted by molar-refractivity contribution is 8.56. The van der Waals surface area contributed by atoms with E-state index in [2.05, 4.69) is 255 Å². The fourth-order valence-electron chi connectivity index (χ4n) is 12.9. The Balaban J connectivity index is 0.840. The molecule has 0 fully saturated rings. The first-order valence-corrected chi connectivity index (χ1v) is 26.8. The minimum Gasteiger partial charge on any atom is -0.309 e. The van der Waals surface area contributed by atoms with E-state index in [1.54, 1.807) is 0 Å². The van der Waals surface area contributed by atoms with Crippen molar-refractivity contribution in [3.8, 4) is 45.0 Å². The summed E-state index contributed by atoms with van der Waals surface area (Å²) in [6.45, 7) is 0. The van der Waals surface area contributed by atoms with Gasteiger partial charge in [0.1, 0.15) is 0 Å². The zero-order valence-corrected chi connectivity index (χ0v) is 40.8. The molecule has 7 heteroatoms. The van der Waals surface area contributed by atoms with Crippen LogP contribution in [0.25, 0.3) is 132 Å². The van der Waals surface area contributed by atoms with Crippen LogP contribution in [0.5, 0.6) is 0 Å². The minimum absolute atomic E-state index is 0.180. The lowest BCUT2D eigenvalue weighted by Gasteiger charge is -2.32. The van der Waals surface area contributed by atoms with Crippen LogP contribution in [-0.4, -0.2) is 23.5 Å². The first kappa shape index (κ1) is 40.0. The second-order valence-electron chi connectivity index (χ2n) is 19.5. The van der Waals surface area contributed by atoms with Crippen LogP contribution >= 0.6 is 23.2 Å². The normalized spacial score (nSPS) is 13.1. The van der Waals surface area contributed by atoms with Crippen LogP contribution < -0.4 is 5.46 Å². The highest BCUT2D eigenvalue weighted by Crippen LogP contribution is 2.52. The average Bonchev–Trinajstić information content (AvgIpc) is 4.21. The third kappa shape index (κ3) is 5.45. The number of aromatic nitrogens is 4. The summed E-state index contributed by atoms with van der Waals surface area (Å²) in [6, 6.07) is 88.0. The monoisotopic (exact) mass is 962 g/mol. The molecular weight excluding hydrogens is 924 g/mol. The van der Waals surface area contributed by atoms with Gasteiger partial charge in [0.2, 0.25) is 0 Å². The lowest BCUT2D eigenvalue weighted by Crippen LogP contribution is -2.33. The molecule has 338 valence electrons. The largest absolute Gasteiger partial charge is 0.318 e. The van der Waals surface area contributed by atoms with Crippen LogP contribution in [0.4, 0.5) is 0 Å². The van der Waals surface area contributed by atoms with E-state index in [4.69, 9.17) is 0 Å². The predicted octanol–water partition coefficient (Wildman–Crippen LogP) is 17.3. The molecule has 0 saturated carbocycles. The van der Waals surface area contributed by atoms with Crippen LogP contribution in [0.3, 0.4) is 0 Å². The molecule has 0 radical (unpaired) electrons. The summed E-state index contributed by atoms with van der Waals surface area (Å²) < 4.78 is 9.94. The van der Waals surface area contributed by atoms with Crippen LogP contribution in [-0.2, 0) is 0 Å². The van der Waals surface area contributed by atoms with Crippen molar-refractivity contribution in [3.63, 3.8) is 0 Å². The molecule has 15 aromatic rings. The van der Waals surface area contributed by atoms with Crippen molar-refractivity contribution in [3.05, 3.63) is 237 Å². The summed E-state index contributed by atoms with van der Waals surface area (Å²) in [6.07, 6.45) is 0. The summed E-state index contributed by atoms with van der Waals surface area (Å²) in [5, 5.41) is 10.3. The average molecular weight is 963 g/mol. The van der Waals surface area contributed by atoms with Gasteiger partial charge in [-0.1, -0.05) is 152 Å². The molecule has 0 N–H and O–H groups in total. The summed E-state index contributed by atoms with van der Waals surface area (Å²) in [7, 11) is 0. The fourth-order valence-corrected chi connectivity index (χ4v) is 15.9. The number of benzene rings is 11. The summed E-state index contributed by atoms with van der Waals surface area (Å²) >= 11 is 4.01. The number of fused-ring (bicyclic) bond motifs is 18. The maximum absolute atomic E-state index is 2.54. The van der Waals surface area contributed by atoms with Crippen molar-refractivity contribution < 1.29 is 0 Å². The minimum atomic E-state index is 0.180. The first-order chi connectivity index (χ1) is 36.2. The molecule has 17 rings (SSSR count). The second-order valence-corrected chi connectivity index (χ2v) is 22.1. The van der Waals surface area contributed by atoms with Gasteiger partial charge < -0.3 is 18.3 Å². The van der Waals surface area contributed by atoms with Crippen molar-refractivity contribution >= 4 is 121 Å². The van der Waals surface area contributed by atoms with Crippen LogP contribution in [0.1, 0.15) is 0 Å². The van der Waals surface area contributed by atoms with E-state index in [9.17, 15) is 0 Å². The zero-order chi connectivity index (χ0) is 47.5. The third-order valence-corrected chi connectivity index (χ3v) is 18.5. The number of rotatable bonds is 4. The van der Waals surface area contributed by atoms with Crippen molar-refractivity contribution in [1.29, 1.82) is 0 Å². The number of para-hydroxylation sites is 6. The Kier molecular flexibility index (Phi) is 8.21. The van der Waals surface area contributed by atoms with Crippen molar-refractivity contribution in [2.24, 2.45) is 0 Å². The highest BCUT2D eigenvalue weighted by atomic mass is 32.2. The van der Waals surface area contributed by atoms with E-state index >= 15 is 0 Å². The Morgan fingerprint density at radius 3 is 1.11 bits per heavy atom. The van der Waals surface area contributed by atoms with Gasteiger partial charge in [-0.05, 0) is 113 Å². The van der Waals surface area contributed by atoms with Crippen molar-refractivity contribution in [1.82, 2.24) is 18.3 Å². The van der Waals surface area contributed by atoms with Crippen LogP contribution in [0.2, 0.25) is 0 Å². The summed E-state index contributed by atoms with van der Waals surface area (Å²) in [5.74, 6) is 0. The molecule has 2 aliphatic rings. The Hall–Kier alpha value is -8.62. The maximum atomic E-state index is 2.54. The van der Waals surface area contributed by atoms with E-state index in [1.807, 2.05) is 23.2 Å². The topological polar surface area (TPSA) is 19.7 Å². The molecule has 0 saturated heterocycles. The van der Waals surface area contributed by atoms with E-state index in [0.717, 1.165) is 11.4 Å². The van der Waals surface area contributed by atoms with Gasteiger partial charge in [-0.25, -0.2) is 0 Å². The highest BCUT2D eigenvalue weighted by Gasteiger charge is 2.37. The molecule has 2 aliphatic heterocycles. The molecule has 11 aromatic carbocycles. The van der Waals surface area contributed by atoms with E-state index in [0.29, 0.717) is 0 Å². The molecule has 6 heterocycles. The Morgan fingerprint density at radius 2 is 0.658 bits per heavy atom. The smallest absolute Gasteiger partial charge is 0.309 e. The molecular formula is C66H39BN4S2. The summed E-state index contributed by atoms with van der Waals surface area (Å²) in [5.41, 5.74) is 21.1. The SMILES string of the molecule is c1ccc(-n2c3ccccc3c3c2ccc2c4ccccc4n(-c4ccc5c(c4)SB4Sc6cc(-n7c8ccccc8c8ccc9c(c%10ccccc%10n9-c9ccccc9)c87)ccc6-c6cccc-5c64)c23)cc1. The van der Waals surface area contributed by atoms with Gasteiger partial charge in [0, 0.05) is 75.6 Å². The lowest BCUT2D eigenvalue weighted by molar-refractivity contribution is 1.16. The van der Waals surface area contributed by atoms with E-state index in [-0.39, 0.29) is 5.27 Å². The van der Waals surface area contributed by atoms with E-state index in [1.165, 1.54) is 136 Å². The maximum Gasteiger partial charge on any atom is 0.318 e. The van der Waals surface area contributed by atoms with Gasteiger partial charge in [0.15, 0.2) is 0 Å². The molecule has 73 heavy (non-hydrogen) atoms. The lowest BCUT2D eigenvalue weighted by atomic mass is 9.77. The molecule has 4 nitrogen and oxygen atoms in total. The predicted molar refractivity (Wildman–Crippen MR) is 312 cm³/mol. The van der Waals surface area contributed by atoms with Gasteiger partial charge in [0.25, 0.3) is 0 Å². The van der Waals surface area contributed by atoms with Gasteiger partial charge in [-0.2, -0.15) is 23.2 Å².